The Balaban J connectivity index is 1.85. The van der Waals surface area contributed by atoms with Crippen molar-refractivity contribution < 1.29 is 19.1 Å². The average Bonchev–Trinajstić information content (AvgIpc) is 2.62. The van der Waals surface area contributed by atoms with Crippen LogP contribution in [-0.4, -0.2) is 36.1 Å². The molecule has 7 heteroatoms. The van der Waals surface area contributed by atoms with Crippen molar-refractivity contribution in [2.24, 2.45) is 0 Å². The van der Waals surface area contributed by atoms with Gasteiger partial charge in [0.1, 0.15) is 11.4 Å². The minimum absolute atomic E-state index is 0.0677. The molecule has 0 aliphatic carbocycles. The summed E-state index contributed by atoms with van der Waals surface area (Å²) in [5.74, 6) is -0.991. The summed E-state index contributed by atoms with van der Waals surface area (Å²) in [6.07, 6.45) is 1.11. The zero-order valence-electron chi connectivity index (χ0n) is 15.0. The van der Waals surface area contributed by atoms with Gasteiger partial charge < -0.3 is 15.3 Å². The van der Waals surface area contributed by atoms with Gasteiger partial charge >= 0.3 is 0 Å². The Morgan fingerprint density at radius 1 is 1.30 bits per heavy atom. The van der Waals surface area contributed by atoms with Gasteiger partial charge in [0.15, 0.2) is 0 Å². The molecule has 0 spiro atoms. The maximum Gasteiger partial charge on any atom is 0.251 e. The lowest BCUT2D eigenvalue weighted by molar-refractivity contribution is -0.138. The Labute approximate surface area is 162 Å². The molecule has 0 aliphatic rings. The Hall–Kier alpha value is -2.44. The second kappa shape index (κ2) is 9.48. The smallest absolute Gasteiger partial charge is 0.251 e. The zero-order valence-corrected chi connectivity index (χ0v) is 15.7. The molecule has 1 unspecified atom stereocenters. The van der Waals surface area contributed by atoms with Crippen molar-refractivity contribution in [1.29, 1.82) is 0 Å². The lowest BCUT2D eigenvalue weighted by atomic mass is 10.0. The number of carbonyl (C=O) groups is 2. The van der Waals surface area contributed by atoms with Crippen LogP contribution in [0.5, 0.6) is 0 Å². The van der Waals surface area contributed by atoms with Gasteiger partial charge in [0.05, 0.1) is 0 Å². The van der Waals surface area contributed by atoms with Gasteiger partial charge in [0.2, 0.25) is 6.41 Å². The number of benzene rings is 2. The van der Waals surface area contributed by atoms with Crippen LogP contribution < -0.4 is 10.2 Å². The highest BCUT2D eigenvalue weighted by Gasteiger charge is 2.30. The molecule has 0 fully saturated rings. The first-order valence-corrected chi connectivity index (χ1v) is 8.92. The van der Waals surface area contributed by atoms with E-state index in [1.54, 1.807) is 30.3 Å². The largest absolute Gasteiger partial charge is 0.380 e. The van der Waals surface area contributed by atoms with E-state index in [0.29, 0.717) is 24.1 Å². The number of anilines is 1. The number of hydrogen-bond acceptors (Lipinski definition) is 3. The van der Waals surface area contributed by atoms with Crippen molar-refractivity contribution in [2.75, 3.05) is 18.0 Å². The van der Waals surface area contributed by atoms with Crippen LogP contribution in [0.15, 0.2) is 48.5 Å². The molecule has 0 saturated heterocycles. The van der Waals surface area contributed by atoms with Gasteiger partial charge in [0, 0.05) is 30.2 Å². The molecule has 2 rings (SSSR count). The van der Waals surface area contributed by atoms with Gasteiger partial charge in [-0.3, -0.25) is 9.59 Å². The Morgan fingerprint density at radius 3 is 2.63 bits per heavy atom. The monoisotopic (exact) mass is 392 g/mol. The third-order valence-electron chi connectivity index (χ3n) is 4.17. The molecule has 0 aliphatic heterocycles. The Bertz CT molecular complexity index is 764. The topological polar surface area (TPSA) is 69.6 Å². The van der Waals surface area contributed by atoms with Crippen LogP contribution in [0.4, 0.5) is 10.1 Å². The van der Waals surface area contributed by atoms with Crippen molar-refractivity contribution in [3.63, 3.8) is 0 Å². The quantitative estimate of drug-likeness (QED) is 0.644. The Kier molecular flexibility index (Phi) is 7.33. The van der Waals surface area contributed by atoms with Gasteiger partial charge in [-0.05, 0) is 49.2 Å². The van der Waals surface area contributed by atoms with Crippen molar-refractivity contribution in [1.82, 2.24) is 5.32 Å². The third-order valence-corrected chi connectivity index (χ3v) is 4.38. The summed E-state index contributed by atoms with van der Waals surface area (Å²) in [6.45, 7) is 1.81. The molecule has 0 aromatic heterocycles. The summed E-state index contributed by atoms with van der Waals surface area (Å²) >= 11 is 5.80. The second-order valence-electron chi connectivity index (χ2n) is 6.44. The lowest BCUT2D eigenvalue weighted by Gasteiger charge is -2.25. The van der Waals surface area contributed by atoms with Gasteiger partial charge in [0.25, 0.3) is 5.91 Å². The fourth-order valence-corrected chi connectivity index (χ4v) is 2.82. The summed E-state index contributed by atoms with van der Waals surface area (Å²) in [6, 6.07) is 13.2. The normalized spacial score (nSPS) is 12.9. The van der Waals surface area contributed by atoms with Crippen molar-refractivity contribution in [3.8, 4) is 0 Å². The molecule has 1 atom stereocenters. The number of amides is 2. The van der Waals surface area contributed by atoms with E-state index < -0.39 is 17.3 Å². The van der Waals surface area contributed by atoms with Crippen molar-refractivity contribution >= 4 is 29.6 Å². The molecular weight excluding hydrogens is 371 g/mol. The number of para-hydroxylation sites is 1. The summed E-state index contributed by atoms with van der Waals surface area (Å²) in [5, 5.41) is 13.3. The van der Waals surface area contributed by atoms with E-state index in [2.05, 4.69) is 5.32 Å². The van der Waals surface area contributed by atoms with Gasteiger partial charge in [-0.25, -0.2) is 4.39 Å². The van der Waals surface area contributed by atoms with Crippen molar-refractivity contribution in [2.45, 2.75) is 25.4 Å². The summed E-state index contributed by atoms with van der Waals surface area (Å²) in [7, 11) is 0. The third kappa shape index (κ3) is 6.34. The lowest BCUT2D eigenvalue weighted by Crippen LogP contribution is -2.47. The molecule has 0 radical (unpaired) electrons. The number of aliphatic hydroxyl groups is 1. The number of nitrogens with zero attached hydrogens (tertiary/aromatic N) is 1. The fourth-order valence-electron chi connectivity index (χ4n) is 2.58. The molecular formula is C20H22ClFN2O3. The molecule has 0 bridgehead atoms. The van der Waals surface area contributed by atoms with Crippen LogP contribution in [0.3, 0.4) is 0 Å². The number of halogens is 2. The standard InChI is InChI=1S/C20H22ClFN2O3/c1-20(27,8-10-24(14-25)18-5-3-2-4-6-18)19(26)23-9-7-15-11-16(21)13-17(22)12-15/h2-6,11-14,27H,7-10H2,1H3,(H,23,26). The fraction of sp³-hybridized carbons (Fsp3) is 0.300. The molecule has 0 heterocycles. The molecule has 27 heavy (non-hydrogen) atoms. The van der Waals surface area contributed by atoms with E-state index in [1.807, 2.05) is 6.07 Å². The molecule has 144 valence electrons. The molecule has 2 aromatic carbocycles. The molecule has 2 amide bonds. The molecule has 5 nitrogen and oxygen atoms in total. The minimum atomic E-state index is -1.64. The van der Waals surface area contributed by atoms with Gasteiger partial charge in [-0.15, -0.1) is 0 Å². The van der Waals surface area contributed by atoms with Crippen molar-refractivity contribution in [3.05, 3.63) is 64.9 Å². The average molecular weight is 393 g/mol. The highest BCUT2D eigenvalue weighted by molar-refractivity contribution is 6.30. The number of carbonyl (C=O) groups excluding carboxylic acids is 2. The second-order valence-corrected chi connectivity index (χ2v) is 6.88. The molecule has 2 aromatic rings. The van der Waals surface area contributed by atoms with Crippen LogP contribution in [0.25, 0.3) is 0 Å². The summed E-state index contributed by atoms with van der Waals surface area (Å²) < 4.78 is 13.3. The van der Waals surface area contributed by atoms with Crippen LogP contribution >= 0.6 is 11.6 Å². The molecule has 0 saturated carbocycles. The summed E-state index contributed by atoms with van der Waals surface area (Å²) in [4.78, 5) is 25.0. The predicted octanol–water partition coefficient (Wildman–Crippen LogP) is 2.94. The van der Waals surface area contributed by atoms with Crippen LogP contribution in [0.1, 0.15) is 18.9 Å². The van der Waals surface area contributed by atoms with Crippen LogP contribution in [0.2, 0.25) is 5.02 Å². The van der Waals surface area contributed by atoms with E-state index in [4.69, 9.17) is 11.6 Å². The zero-order chi connectivity index (χ0) is 19.9. The number of nitrogens with one attached hydrogen (secondary N) is 1. The first kappa shape index (κ1) is 20.9. The van der Waals surface area contributed by atoms with Gasteiger partial charge in [-0.2, -0.15) is 0 Å². The first-order valence-electron chi connectivity index (χ1n) is 8.54. The SMILES string of the molecule is CC(O)(CCN(C=O)c1ccccc1)C(=O)NCCc1cc(F)cc(Cl)c1. The van der Waals surface area contributed by atoms with E-state index in [-0.39, 0.29) is 24.5 Å². The van der Waals surface area contributed by atoms with Crippen LogP contribution in [-0.2, 0) is 16.0 Å². The predicted molar refractivity (Wildman–Crippen MR) is 103 cm³/mol. The van der Waals surface area contributed by atoms with E-state index >= 15 is 0 Å². The highest BCUT2D eigenvalue weighted by atomic mass is 35.5. The van der Waals surface area contributed by atoms with E-state index in [1.165, 1.54) is 24.0 Å². The Morgan fingerprint density at radius 2 is 2.00 bits per heavy atom. The minimum Gasteiger partial charge on any atom is -0.380 e. The number of rotatable bonds is 9. The molecule has 2 N–H and O–H groups in total. The van der Waals surface area contributed by atoms with Crippen LogP contribution in [0, 0.1) is 5.82 Å². The van der Waals surface area contributed by atoms with Gasteiger partial charge in [-0.1, -0.05) is 29.8 Å². The maximum atomic E-state index is 13.3. The highest BCUT2D eigenvalue weighted by Crippen LogP contribution is 2.17. The van der Waals surface area contributed by atoms with E-state index in [9.17, 15) is 19.1 Å². The summed E-state index contributed by atoms with van der Waals surface area (Å²) in [5.41, 5.74) is -0.307. The maximum absolute atomic E-state index is 13.3. The first-order chi connectivity index (χ1) is 12.8. The van der Waals surface area contributed by atoms with E-state index in [0.717, 1.165) is 0 Å². The number of hydrogen-bond donors (Lipinski definition) is 2.